The summed E-state index contributed by atoms with van der Waals surface area (Å²) in [6.45, 7) is 9.74. The van der Waals surface area contributed by atoms with Crippen LogP contribution in [0, 0.1) is 37.5 Å². The lowest BCUT2D eigenvalue weighted by Crippen LogP contribution is -2.42. The van der Waals surface area contributed by atoms with Crippen LogP contribution in [-0.2, 0) is 17.6 Å². The normalized spacial score (nSPS) is 18.3. The Bertz CT molecular complexity index is 1780. The fourth-order valence-electron chi connectivity index (χ4n) is 6.35. The van der Waals surface area contributed by atoms with Crippen LogP contribution in [0.3, 0.4) is 0 Å². The molecule has 3 aromatic carbocycles. The summed E-state index contributed by atoms with van der Waals surface area (Å²) in [6, 6.07) is 16.5. The number of aryl methyl sites for hydroxylation is 2. The van der Waals surface area contributed by atoms with Gasteiger partial charge in [-0.15, -0.1) is 0 Å². The number of allylic oxidation sites excluding steroid dienone is 3. The number of rotatable bonds is 5. The van der Waals surface area contributed by atoms with Gasteiger partial charge < -0.3 is 10.5 Å². The average Bonchev–Trinajstić information content (AvgIpc) is 2.92. The summed E-state index contributed by atoms with van der Waals surface area (Å²) in [7, 11) is 0. The van der Waals surface area contributed by atoms with Crippen molar-refractivity contribution in [1.82, 2.24) is 0 Å². The van der Waals surface area contributed by atoms with Gasteiger partial charge in [-0.3, -0.25) is 9.69 Å². The Balaban J connectivity index is 1.70. The van der Waals surface area contributed by atoms with E-state index in [0.29, 0.717) is 34.0 Å². The minimum atomic E-state index is -4.68. The maximum atomic E-state index is 14.2. The molecule has 0 fully saturated rings. The Morgan fingerprint density at radius 1 is 1.09 bits per heavy atom. The highest BCUT2D eigenvalue weighted by Crippen LogP contribution is 2.52. The van der Waals surface area contributed by atoms with E-state index in [2.05, 4.69) is 6.07 Å². The molecule has 1 unspecified atom stereocenters. The molecule has 3 aromatic rings. The van der Waals surface area contributed by atoms with Crippen LogP contribution < -0.4 is 15.4 Å². The van der Waals surface area contributed by atoms with Crippen molar-refractivity contribution in [3.05, 3.63) is 116 Å². The van der Waals surface area contributed by atoms with Gasteiger partial charge in [-0.05, 0) is 85.2 Å². The monoisotopic (exact) mass is 619 g/mol. The zero-order chi connectivity index (χ0) is 32.1. The van der Waals surface area contributed by atoms with Crippen molar-refractivity contribution in [3.8, 4) is 11.8 Å². The van der Waals surface area contributed by atoms with Gasteiger partial charge in [0.05, 0.1) is 28.8 Å². The summed E-state index contributed by atoms with van der Waals surface area (Å²) in [5.41, 5.74) is 9.86. The van der Waals surface area contributed by atoms with Crippen molar-refractivity contribution < 1.29 is 22.7 Å². The van der Waals surface area contributed by atoms with Gasteiger partial charge in [0.15, 0.2) is 5.78 Å². The second-order valence-electron chi connectivity index (χ2n) is 12.3. The highest BCUT2D eigenvalue weighted by Gasteiger charge is 2.47. The van der Waals surface area contributed by atoms with Crippen molar-refractivity contribution in [2.24, 2.45) is 11.1 Å². The number of ether oxygens (including phenoxy) is 1. The summed E-state index contributed by atoms with van der Waals surface area (Å²) < 4.78 is 48.9. The summed E-state index contributed by atoms with van der Waals surface area (Å²) in [6.07, 6.45) is -4.20. The number of anilines is 1. The molecular formula is C35H33ClF3N3O2. The molecule has 5 rings (SSSR count). The zero-order valence-corrected chi connectivity index (χ0v) is 26.0. The molecule has 2 N–H and O–H groups in total. The number of nitriles is 1. The van der Waals surface area contributed by atoms with Crippen LogP contribution in [-0.4, -0.2) is 5.78 Å². The molecule has 1 atom stereocenters. The first-order chi connectivity index (χ1) is 20.6. The smallest absolute Gasteiger partial charge is 0.418 e. The Morgan fingerprint density at radius 2 is 1.80 bits per heavy atom. The first-order valence-corrected chi connectivity index (χ1v) is 14.6. The third-order valence-electron chi connectivity index (χ3n) is 8.36. The maximum Gasteiger partial charge on any atom is 0.418 e. The van der Waals surface area contributed by atoms with Crippen molar-refractivity contribution in [3.63, 3.8) is 0 Å². The lowest BCUT2D eigenvalue weighted by atomic mass is 9.67. The molecule has 0 bridgehead atoms. The molecule has 0 amide bonds. The molecule has 228 valence electrons. The van der Waals surface area contributed by atoms with E-state index in [1.165, 1.54) is 23.1 Å². The number of nitrogens with zero attached hydrogens (tertiary/aromatic N) is 2. The number of para-hydroxylation sites is 1. The highest BCUT2D eigenvalue weighted by atomic mass is 35.5. The van der Waals surface area contributed by atoms with Gasteiger partial charge in [0.2, 0.25) is 0 Å². The van der Waals surface area contributed by atoms with Crippen molar-refractivity contribution in [2.75, 3.05) is 4.90 Å². The number of hydrogen-bond donors (Lipinski definition) is 1. The molecule has 44 heavy (non-hydrogen) atoms. The number of carbonyl (C=O) groups is 1. The van der Waals surface area contributed by atoms with Crippen LogP contribution in [0.2, 0.25) is 5.02 Å². The predicted molar refractivity (Wildman–Crippen MR) is 165 cm³/mol. The fourth-order valence-corrected chi connectivity index (χ4v) is 6.57. The Morgan fingerprint density at radius 3 is 2.45 bits per heavy atom. The first kappa shape index (κ1) is 31.2. The second kappa shape index (κ2) is 11.4. The third-order valence-corrected chi connectivity index (χ3v) is 8.60. The van der Waals surface area contributed by atoms with Crippen molar-refractivity contribution in [2.45, 2.75) is 66.2 Å². The number of halogens is 4. The molecule has 0 spiro atoms. The van der Waals surface area contributed by atoms with Crippen LogP contribution >= 0.6 is 11.6 Å². The molecule has 9 heteroatoms. The molecule has 0 aromatic heterocycles. The SMILES string of the molecule is Cc1cc(COc2ccc(Cl)cc2C)c(C)c(C2C(C#N)=C(N)N(c3ccccc3C(F)(F)F)C3=C2C(=O)CC(C)(C)C3)c1. The predicted octanol–water partition coefficient (Wildman–Crippen LogP) is 8.80. The molecule has 1 aliphatic carbocycles. The molecule has 0 saturated carbocycles. The molecule has 1 heterocycles. The van der Waals surface area contributed by atoms with Gasteiger partial charge in [0.1, 0.15) is 18.2 Å². The van der Waals surface area contributed by atoms with Crippen molar-refractivity contribution in [1.29, 1.82) is 5.26 Å². The van der Waals surface area contributed by atoms with Gasteiger partial charge in [0.25, 0.3) is 0 Å². The van der Waals surface area contributed by atoms with Crippen LogP contribution in [0.25, 0.3) is 0 Å². The van der Waals surface area contributed by atoms with Gasteiger partial charge in [-0.2, -0.15) is 18.4 Å². The molecule has 5 nitrogen and oxygen atoms in total. The fraction of sp³-hybridized carbons (Fsp3) is 0.314. The number of nitrogens with two attached hydrogens (primary N) is 1. The molecule has 0 saturated heterocycles. The van der Waals surface area contributed by atoms with Gasteiger partial charge in [-0.25, -0.2) is 0 Å². The molecule has 2 aliphatic rings. The van der Waals surface area contributed by atoms with E-state index in [9.17, 15) is 23.2 Å². The Hall–Kier alpha value is -4.22. The van der Waals surface area contributed by atoms with E-state index in [0.717, 1.165) is 28.3 Å². The zero-order valence-electron chi connectivity index (χ0n) is 25.2. The standard InChI is InChI=1S/C35H33ClF3N3O2/c1-19-12-22(18-44-30-11-10-23(36)14-20(30)2)21(3)24(13-19)31-25(17-40)33(41)42(27-9-7-6-8-26(27)35(37,38)39)28-15-34(4,5)16-29(43)32(28)31/h6-14,31H,15-16,18,41H2,1-5H3. The molecule has 0 radical (unpaired) electrons. The topological polar surface area (TPSA) is 79.3 Å². The summed E-state index contributed by atoms with van der Waals surface area (Å²) in [4.78, 5) is 15.3. The Kier molecular flexibility index (Phi) is 8.06. The average molecular weight is 620 g/mol. The van der Waals surface area contributed by atoms with Gasteiger partial charge in [-0.1, -0.05) is 55.3 Å². The number of alkyl halides is 3. The van der Waals surface area contributed by atoms with E-state index in [4.69, 9.17) is 22.1 Å². The third kappa shape index (κ3) is 5.69. The lowest BCUT2D eigenvalue weighted by molar-refractivity contribution is -0.137. The van der Waals surface area contributed by atoms with E-state index < -0.39 is 23.1 Å². The van der Waals surface area contributed by atoms with Crippen LogP contribution in [0.1, 0.15) is 66.0 Å². The molecule has 1 aliphatic heterocycles. The summed E-state index contributed by atoms with van der Waals surface area (Å²) in [5.74, 6) is -0.505. The van der Waals surface area contributed by atoms with Crippen LogP contribution in [0.5, 0.6) is 5.75 Å². The van der Waals surface area contributed by atoms with Crippen LogP contribution in [0.15, 0.2) is 77.3 Å². The second-order valence-corrected chi connectivity index (χ2v) is 12.8. The summed E-state index contributed by atoms with van der Waals surface area (Å²) in [5, 5.41) is 11.1. The van der Waals surface area contributed by atoms with E-state index in [1.807, 2.05) is 52.8 Å². The molecular weight excluding hydrogens is 587 g/mol. The minimum absolute atomic E-state index is 0.0305. The van der Waals surface area contributed by atoms with Crippen LogP contribution in [0.4, 0.5) is 18.9 Å². The number of benzene rings is 3. The number of carbonyl (C=O) groups excluding carboxylic acids is 1. The first-order valence-electron chi connectivity index (χ1n) is 14.2. The van der Waals surface area contributed by atoms with E-state index >= 15 is 0 Å². The Labute approximate surface area is 260 Å². The highest BCUT2D eigenvalue weighted by molar-refractivity contribution is 6.30. The number of ketones is 1. The number of hydrogen-bond acceptors (Lipinski definition) is 5. The lowest BCUT2D eigenvalue weighted by Gasteiger charge is -2.44. The largest absolute Gasteiger partial charge is 0.489 e. The van der Waals surface area contributed by atoms with Gasteiger partial charge in [0, 0.05) is 22.7 Å². The van der Waals surface area contributed by atoms with E-state index in [1.54, 1.807) is 12.1 Å². The quantitative estimate of drug-likeness (QED) is 0.309. The maximum absolute atomic E-state index is 14.2. The van der Waals surface area contributed by atoms with Crippen molar-refractivity contribution >= 4 is 23.1 Å². The summed E-state index contributed by atoms with van der Waals surface area (Å²) >= 11 is 6.10. The minimum Gasteiger partial charge on any atom is -0.489 e. The van der Waals surface area contributed by atoms with E-state index in [-0.39, 0.29) is 35.9 Å². The number of Topliss-reactive ketones (excluding diaryl/α,β-unsaturated/α-hetero) is 1. The van der Waals surface area contributed by atoms with Gasteiger partial charge >= 0.3 is 6.18 Å².